The molecule has 42 heavy (non-hydrogen) atoms. The minimum Gasteiger partial charge on any atom is -0.448 e. The lowest BCUT2D eigenvalue weighted by atomic mass is 9.92. The third-order valence-corrected chi connectivity index (χ3v) is 10.7. The first-order valence-electron chi connectivity index (χ1n) is 14.0. The molecule has 1 amide bonds. The lowest BCUT2D eigenvalue weighted by molar-refractivity contribution is 0.0731. The number of nitrogens with zero attached hydrogens (tertiary/aromatic N) is 2. The molecule has 1 fully saturated rings. The largest absolute Gasteiger partial charge is 0.448 e. The molecule has 6 nitrogen and oxygen atoms in total. The average molecular weight is 640 g/mol. The van der Waals surface area contributed by atoms with Crippen molar-refractivity contribution in [2.75, 3.05) is 19.7 Å². The molecule has 3 aromatic carbocycles. The van der Waals surface area contributed by atoms with Gasteiger partial charge in [-0.05, 0) is 69.2 Å². The predicted molar refractivity (Wildman–Crippen MR) is 169 cm³/mol. The second-order valence-corrected chi connectivity index (χ2v) is 12.5. The number of rotatable bonds is 5. The van der Waals surface area contributed by atoms with Crippen molar-refractivity contribution in [1.29, 1.82) is 0 Å². The quantitative estimate of drug-likeness (QED) is 0.185. The van der Waals surface area contributed by atoms with E-state index in [4.69, 9.17) is 4.74 Å². The number of amides is 1. The number of piperidine rings is 1. The van der Waals surface area contributed by atoms with E-state index in [1.54, 1.807) is 15.5 Å². The molecular weight excluding hydrogens is 612 g/mol. The molecule has 0 atom stereocenters. The number of ketones is 1. The lowest BCUT2D eigenvalue weighted by Gasteiger charge is -2.30. The zero-order valence-electron chi connectivity index (χ0n) is 22.7. The zero-order chi connectivity index (χ0) is 28.8. The Bertz CT molecular complexity index is 1840. The molecule has 2 aromatic heterocycles. The van der Waals surface area contributed by atoms with Crippen molar-refractivity contribution in [1.82, 2.24) is 9.47 Å². The first-order chi connectivity index (χ1) is 20.5. The summed E-state index contributed by atoms with van der Waals surface area (Å²) in [7, 11) is 0. The molecular formula is C34H27BrN2O4S. The van der Waals surface area contributed by atoms with Gasteiger partial charge in [0.05, 0.1) is 10.6 Å². The van der Waals surface area contributed by atoms with Crippen molar-refractivity contribution in [2.45, 2.75) is 18.8 Å². The van der Waals surface area contributed by atoms with Crippen molar-refractivity contribution in [3.05, 3.63) is 122 Å². The molecule has 8 heteroatoms. The summed E-state index contributed by atoms with van der Waals surface area (Å²) in [6.07, 6.45) is 0.794. The maximum Gasteiger partial charge on any atom is 0.409 e. The van der Waals surface area contributed by atoms with Crippen LogP contribution in [0, 0.1) is 5.92 Å². The van der Waals surface area contributed by atoms with E-state index in [2.05, 4.69) is 40.2 Å². The number of benzene rings is 3. The number of aromatic nitrogens is 1. The molecule has 5 aromatic rings. The Morgan fingerprint density at radius 2 is 1.45 bits per heavy atom. The summed E-state index contributed by atoms with van der Waals surface area (Å²) in [5.74, 6) is -0.148. The SMILES string of the molecule is O=C(c1sc2c(ccc(=O)n2-c2ccccc2)c1Br)C1CCN(C(=O)OCC2c3ccccc3-c3ccccc32)CC1. The number of halogens is 1. The molecule has 1 aliphatic heterocycles. The van der Waals surface area contributed by atoms with Crippen LogP contribution >= 0.6 is 27.3 Å². The second kappa shape index (κ2) is 11.0. The van der Waals surface area contributed by atoms with Crippen LogP contribution in [0.4, 0.5) is 4.79 Å². The summed E-state index contributed by atoms with van der Waals surface area (Å²) in [5, 5.41) is 0.836. The maximum atomic E-state index is 13.7. The van der Waals surface area contributed by atoms with Gasteiger partial charge in [-0.15, -0.1) is 11.3 Å². The van der Waals surface area contributed by atoms with E-state index >= 15 is 0 Å². The molecule has 0 bridgehead atoms. The number of carbonyl (C=O) groups excluding carboxylic acids is 2. The van der Waals surface area contributed by atoms with Gasteiger partial charge in [-0.2, -0.15) is 0 Å². The highest BCUT2D eigenvalue weighted by Crippen LogP contribution is 2.44. The molecule has 0 unspecified atom stereocenters. The van der Waals surface area contributed by atoms with Gasteiger partial charge in [0, 0.05) is 40.9 Å². The minimum absolute atomic E-state index is 0.0130. The van der Waals surface area contributed by atoms with E-state index in [0.717, 1.165) is 20.4 Å². The number of thiophene rings is 1. The van der Waals surface area contributed by atoms with Crippen molar-refractivity contribution in [3.8, 4) is 16.8 Å². The number of Topliss-reactive ketones (excluding diaryl/α,β-unsaturated/α-hetero) is 1. The van der Waals surface area contributed by atoms with Crippen LogP contribution in [-0.4, -0.2) is 41.0 Å². The van der Waals surface area contributed by atoms with Crippen molar-refractivity contribution in [2.24, 2.45) is 5.92 Å². The van der Waals surface area contributed by atoms with Crippen molar-refractivity contribution < 1.29 is 14.3 Å². The molecule has 0 saturated carbocycles. The Morgan fingerprint density at radius 3 is 2.12 bits per heavy atom. The van der Waals surface area contributed by atoms with Crippen molar-refractivity contribution in [3.63, 3.8) is 0 Å². The Hall–Kier alpha value is -4.01. The van der Waals surface area contributed by atoms with E-state index < -0.39 is 0 Å². The van der Waals surface area contributed by atoms with Crippen LogP contribution < -0.4 is 5.56 Å². The molecule has 0 radical (unpaired) electrons. The minimum atomic E-state index is -0.335. The average Bonchev–Trinajstić information content (AvgIpc) is 3.54. The Kier molecular flexibility index (Phi) is 7.04. The fourth-order valence-corrected chi connectivity index (χ4v) is 8.34. The molecule has 210 valence electrons. The van der Waals surface area contributed by atoms with Gasteiger partial charge in [0.2, 0.25) is 0 Å². The summed E-state index contributed by atoms with van der Waals surface area (Å²) in [4.78, 5) is 42.6. The summed E-state index contributed by atoms with van der Waals surface area (Å²) in [5.41, 5.74) is 5.38. The van der Waals surface area contributed by atoms with Gasteiger partial charge in [0.1, 0.15) is 11.4 Å². The van der Waals surface area contributed by atoms with Gasteiger partial charge >= 0.3 is 6.09 Å². The molecule has 2 aliphatic rings. The van der Waals surface area contributed by atoms with E-state index in [0.29, 0.717) is 30.8 Å². The highest BCUT2D eigenvalue weighted by Gasteiger charge is 2.33. The number of carbonyl (C=O) groups is 2. The van der Waals surface area contributed by atoms with E-state index in [1.165, 1.54) is 39.7 Å². The smallest absolute Gasteiger partial charge is 0.409 e. The monoisotopic (exact) mass is 638 g/mol. The third kappa shape index (κ3) is 4.59. The Balaban J connectivity index is 1.03. The molecule has 3 heterocycles. The molecule has 1 saturated heterocycles. The van der Waals surface area contributed by atoms with Crippen LogP contribution in [0.5, 0.6) is 0 Å². The number of para-hydroxylation sites is 1. The maximum absolute atomic E-state index is 13.7. The van der Waals surface area contributed by atoms with Crippen LogP contribution in [0.2, 0.25) is 0 Å². The molecule has 0 N–H and O–H groups in total. The fraction of sp³-hybridized carbons (Fsp3) is 0.206. The summed E-state index contributed by atoms with van der Waals surface area (Å²) in [6, 6.07) is 29.3. The van der Waals surface area contributed by atoms with Crippen LogP contribution in [0.15, 0.2) is 100 Å². The number of pyridine rings is 1. The number of fused-ring (bicyclic) bond motifs is 4. The normalized spacial score (nSPS) is 15.0. The first kappa shape index (κ1) is 26.9. The number of hydrogen-bond donors (Lipinski definition) is 0. The number of hydrogen-bond acceptors (Lipinski definition) is 5. The van der Waals surface area contributed by atoms with E-state index in [9.17, 15) is 14.4 Å². The fourth-order valence-electron chi connectivity index (χ4n) is 6.23. The van der Waals surface area contributed by atoms with Crippen LogP contribution in [0.25, 0.3) is 27.0 Å². The predicted octanol–water partition coefficient (Wildman–Crippen LogP) is 7.66. The van der Waals surface area contributed by atoms with Gasteiger partial charge in [-0.3, -0.25) is 14.2 Å². The number of likely N-dealkylation sites (tertiary alicyclic amines) is 1. The Morgan fingerprint density at radius 1 is 0.833 bits per heavy atom. The van der Waals surface area contributed by atoms with Gasteiger partial charge in [0.15, 0.2) is 5.78 Å². The van der Waals surface area contributed by atoms with E-state index in [1.807, 2.05) is 54.6 Å². The van der Waals surface area contributed by atoms with Crippen LogP contribution in [0.3, 0.4) is 0 Å². The first-order valence-corrected chi connectivity index (χ1v) is 15.7. The second-order valence-electron chi connectivity index (χ2n) is 10.7. The topological polar surface area (TPSA) is 68.6 Å². The highest BCUT2D eigenvalue weighted by atomic mass is 79.9. The van der Waals surface area contributed by atoms with Crippen LogP contribution in [0.1, 0.15) is 39.6 Å². The summed E-state index contributed by atoms with van der Waals surface area (Å²) in [6.45, 7) is 1.21. The summed E-state index contributed by atoms with van der Waals surface area (Å²) < 4.78 is 8.22. The third-order valence-electron chi connectivity index (χ3n) is 8.38. The standard InChI is InChI=1S/C34H27BrN2O4S/c35-30-27-14-15-29(38)37(22-8-2-1-3-9-22)33(27)42-32(30)31(39)21-16-18-36(19-17-21)34(40)41-20-28-25-12-6-4-10-23(25)24-11-5-7-13-26(24)28/h1-15,21,28H,16-20H2. The molecule has 1 aliphatic carbocycles. The summed E-state index contributed by atoms with van der Waals surface area (Å²) >= 11 is 4.99. The van der Waals surface area contributed by atoms with Gasteiger partial charge < -0.3 is 9.64 Å². The molecule has 0 spiro atoms. The van der Waals surface area contributed by atoms with Crippen molar-refractivity contribution >= 4 is 49.4 Å². The molecule has 7 rings (SSSR count). The number of ether oxygens (including phenoxy) is 1. The van der Waals surface area contributed by atoms with Gasteiger partial charge in [-0.1, -0.05) is 66.7 Å². The van der Waals surface area contributed by atoms with Crippen LogP contribution in [-0.2, 0) is 4.74 Å². The zero-order valence-corrected chi connectivity index (χ0v) is 25.1. The van der Waals surface area contributed by atoms with E-state index in [-0.39, 0.29) is 35.9 Å². The van der Waals surface area contributed by atoms with Gasteiger partial charge in [-0.25, -0.2) is 4.79 Å². The Labute approximate surface area is 255 Å². The highest BCUT2D eigenvalue weighted by molar-refractivity contribution is 9.10. The van der Waals surface area contributed by atoms with Gasteiger partial charge in [0.25, 0.3) is 5.56 Å². The lowest BCUT2D eigenvalue weighted by Crippen LogP contribution is -2.40.